The van der Waals surface area contributed by atoms with Gasteiger partial charge in [-0.05, 0) is 19.1 Å². The molecular weight excluding hydrogens is 266 g/mol. The molecule has 6 nitrogen and oxygen atoms in total. The lowest BCUT2D eigenvalue weighted by atomic mass is 10.2. The monoisotopic (exact) mass is 279 g/mol. The molecule has 19 heavy (non-hydrogen) atoms. The van der Waals surface area contributed by atoms with Gasteiger partial charge in [0, 0.05) is 13.2 Å². The zero-order chi connectivity index (χ0) is 14.0. The number of aromatic nitrogens is 3. The van der Waals surface area contributed by atoms with E-state index in [1.165, 1.54) is 30.1 Å². The topological polar surface area (TPSA) is 74.0 Å². The van der Waals surface area contributed by atoms with Crippen molar-refractivity contribution in [2.45, 2.75) is 11.8 Å². The Labute approximate surface area is 110 Å². The van der Waals surface area contributed by atoms with E-state index in [0.717, 1.165) is 21.9 Å². The normalized spacial score (nSPS) is 12.1. The first-order valence-electron chi connectivity index (χ1n) is 5.50. The van der Waals surface area contributed by atoms with Crippen molar-refractivity contribution in [2.24, 2.45) is 7.05 Å². The van der Waals surface area contributed by atoms with Crippen LogP contribution in [-0.4, -0.2) is 22.8 Å². The fraction of sp³-hybridized carbons (Fsp3) is 0.167. The molecule has 2 rings (SSSR count). The van der Waals surface area contributed by atoms with Crippen molar-refractivity contribution in [3.05, 3.63) is 52.0 Å². The Balaban J connectivity index is 2.34. The van der Waals surface area contributed by atoms with E-state index in [9.17, 15) is 13.2 Å². The molecule has 0 spiro atoms. The molecule has 1 heterocycles. The highest BCUT2D eigenvalue weighted by Crippen LogP contribution is 2.13. The molecule has 0 bridgehead atoms. The third kappa shape index (κ3) is 2.82. The molecule has 0 atom stereocenters. The Morgan fingerprint density at radius 2 is 1.84 bits per heavy atom. The van der Waals surface area contributed by atoms with E-state index in [4.69, 9.17) is 0 Å². The fourth-order valence-corrected chi connectivity index (χ4v) is 2.39. The molecule has 0 N–H and O–H groups in total. The summed E-state index contributed by atoms with van der Waals surface area (Å²) in [5.74, 6) is 0. The zero-order valence-corrected chi connectivity index (χ0v) is 11.3. The number of sulfone groups is 1. The van der Waals surface area contributed by atoms with E-state index in [1.807, 2.05) is 6.92 Å². The maximum Gasteiger partial charge on any atom is 0.349 e. The van der Waals surface area contributed by atoms with Gasteiger partial charge in [0.2, 0.25) is 9.84 Å². The van der Waals surface area contributed by atoms with Gasteiger partial charge in [0.25, 0.3) is 0 Å². The lowest BCUT2D eigenvalue weighted by molar-refractivity contribution is 0.604. The smallest absolute Gasteiger partial charge is 0.284 e. The molecule has 1 aromatic carbocycles. The SMILES string of the molecule is Cc1ccc(S(=O)(=O)C=Cn2ncn(C)c2=O)cc1. The molecule has 0 unspecified atom stereocenters. The molecule has 0 saturated heterocycles. The Bertz CT molecular complexity index is 767. The third-order valence-electron chi connectivity index (χ3n) is 2.58. The highest BCUT2D eigenvalue weighted by atomic mass is 32.2. The molecule has 0 fully saturated rings. The van der Waals surface area contributed by atoms with E-state index in [0.29, 0.717) is 0 Å². The summed E-state index contributed by atoms with van der Waals surface area (Å²) in [4.78, 5) is 11.7. The van der Waals surface area contributed by atoms with Crippen molar-refractivity contribution < 1.29 is 8.42 Å². The van der Waals surface area contributed by atoms with Crippen LogP contribution in [0.25, 0.3) is 6.20 Å². The largest absolute Gasteiger partial charge is 0.349 e. The molecule has 0 aliphatic rings. The number of rotatable bonds is 3. The second kappa shape index (κ2) is 4.85. The van der Waals surface area contributed by atoms with Crippen LogP contribution in [0.2, 0.25) is 0 Å². The first-order chi connectivity index (χ1) is 8.90. The van der Waals surface area contributed by atoms with Crippen molar-refractivity contribution in [1.29, 1.82) is 0 Å². The van der Waals surface area contributed by atoms with Gasteiger partial charge in [-0.2, -0.15) is 9.78 Å². The van der Waals surface area contributed by atoms with Crippen LogP contribution in [0.1, 0.15) is 5.56 Å². The molecule has 0 saturated carbocycles. The Hall–Kier alpha value is -2.15. The predicted molar refractivity (Wildman–Crippen MR) is 71.2 cm³/mol. The van der Waals surface area contributed by atoms with Gasteiger partial charge in [0.1, 0.15) is 6.33 Å². The number of benzene rings is 1. The second-order valence-electron chi connectivity index (χ2n) is 4.11. The first-order valence-corrected chi connectivity index (χ1v) is 7.05. The highest BCUT2D eigenvalue weighted by molar-refractivity contribution is 7.94. The first kappa shape index (κ1) is 13.3. The minimum absolute atomic E-state index is 0.179. The molecule has 2 aromatic rings. The maximum absolute atomic E-state index is 12.0. The molecule has 100 valence electrons. The van der Waals surface area contributed by atoms with Gasteiger partial charge in [-0.15, -0.1) is 0 Å². The molecule has 0 aliphatic heterocycles. The van der Waals surface area contributed by atoms with E-state index < -0.39 is 15.5 Å². The van der Waals surface area contributed by atoms with Crippen molar-refractivity contribution >= 4 is 16.0 Å². The van der Waals surface area contributed by atoms with Crippen LogP contribution in [0.15, 0.2) is 45.7 Å². The van der Waals surface area contributed by atoms with Gasteiger partial charge in [0.15, 0.2) is 0 Å². The van der Waals surface area contributed by atoms with Crippen LogP contribution < -0.4 is 5.69 Å². The van der Waals surface area contributed by atoms with Gasteiger partial charge in [-0.3, -0.25) is 4.57 Å². The quantitative estimate of drug-likeness (QED) is 0.832. The summed E-state index contributed by atoms with van der Waals surface area (Å²) in [6.07, 6.45) is 2.45. The van der Waals surface area contributed by atoms with Crippen LogP contribution >= 0.6 is 0 Å². The van der Waals surface area contributed by atoms with Crippen LogP contribution in [-0.2, 0) is 16.9 Å². The summed E-state index contributed by atoms with van der Waals surface area (Å²) in [5, 5.41) is 4.71. The average molecular weight is 279 g/mol. The van der Waals surface area contributed by atoms with Gasteiger partial charge in [0.05, 0.1) is 10.3 Å². The zero-order valence-electron chi connectivity index (χ0n) is 10.5. The van der Waals surface area contributed by atoms with Crippen molar-refractivity contribution in [1.82, 2.24) is 14.3 Å². The van der Waals surface area contributed by atoms with E-state index in [1.54, 1.807) is 12.1 Å². The summed E-state index contributed by atoms with van der Waals surface area (Å²) in [5.41, 5.74) is 0.569. The molecule has 7 heteroatoms. The number of nitrogens with zero attached hydrogens (tertiary/aromatic N) is 3. The third-order valence-corrected chi connectivity index (χ3v) is 3.99. The standard InChI is InChI=1S/C12H13N3O3S/c1-10-3-5-11(6-4-10)19(17,18)8-7-15-12(16)14(2)9-13-15/h3-9H,1-2H3. The molecule has 0 aliphatic carbocycles. The lowest BCUT2D eigenvalue weighted by Gasteiger charge is -1.99. The summed E-state index contributed by atoms with van der Waals surface area (Å²) >= 11 is 0. The number of hydrogen-bond donors (Lipinski definition) is 0. The molecule has 1 aromatic heterocycles. The van der Waals surface area contributed by atoms with E-state index >= 15 is 0 Å². The van der Waals surface area contributed by atoms with Crippen LogP contribution in [0.4, 0.5) is 0 Å². The second-order valence-corrected chi connectivity index (χ2v) is 5.95. The van der Waals surface area contributed by atoms with Crippen molar-refractivity contribution in [3.8, 4) is 0 Å². The van der Waals surface area contributed by atoms with Crippen molar-refractivity contribution in [2.75, 3.05) is 0 Å². The van der Waals surface area contributed by atoms with Crippen LogP contribution in [0, 0.1) is 6.92 Å². The van der Waals surface area contributed by atoms with E-state index in [2.05, 4.69) is 5.10 Å². The Kier molecular flexibility index (Phi) is 3.39. The minimum Gasteiger partial charge on any atom is -0.284 e. The average Bonchev–Trinajstić information content (AvgIpc) is 2.68. The number of aryl methyl sites for hydroxylation is 2. The predicted octanol–water partition coefficient (Wildman–Crippen LogP) is 0.792. The van der Waals surface area contributed by atoms with Crippen LogP contribution in [0.3, 0.4) is 0 Å². The van der Waals surface area contributed by atoms with Gasteiger partial charge < -0.3 is 0 Å². The summed E-state index contributed by atoms with van der Waals surface area (Å²) < 4.78 is 26.2. The molecular formula is C12H13N3O3S. The molecule has 0 radical (unpaired) electrons. The minimum atomic E-state index is -3.57. The lowest BCUT2D eigenvalue weighted by Crippen LogP contribution is -2.19. The Morgan fingerprint density at radius 3 is 2.37 bits per heavy atom. The van der Waals surface area contributed by atoms with Gasteiger partial charge in [-0.25, -0.2) is 13.2 Å². The fourth-order valence-electron chi connectivity index (χ4n) is 1.44. The number of hydrogen-bond acceptors (Lipinski definition) is 4. The summed E-state index contributed by atoms with van der Waals surface area (Å²) in [6, 6.07) is 6.48. The van der Waals surface area contributed by atoms with Crippen LogP contribution in [0.5, 0.6) is 0 Å². The van der Waals surface area contributed by atoms with Gasteiger partial charge >= 0.3 is 5.69 Å². The summed E-state index contributed by atoms with van der Waals surface area (Å²) in [7, 11) is -2.04. The summed E-state index contributed by atoms with van der Waals surface area (Å²) in [6.45, 7) is 1.87. The van der Waals surface area contributed by atoms with Crippen molar-refractivity contribution in [3.63, 3.8) is 0 Å². The molecule has 0 amide bonds. The Morgan fingerprint density at radius 1 is 1.21 bits per heavy atom. The van der Waals surface area contributed by atoms with E-state index in [-0.39, 0.29) is 4.90 Å². The maximum atomic E-state index is 12.0. The highest BCUT2D eigenvalue weighted by Gasteiger charge is 2.10. The van der Waals surface area contributed by atoms with Gasteiger partial charge in [-0.1, -0.05) is 17.7 Å².